The predicted molar refractivity (Wildman–Crippen MR) is 112 cm³/mol. The molecule has 0 radical (unpaired) electrons. The topological polar surface area (TPSA) is 83.5 Å². The maximum atomic E-state index is 12.5. The first-order valence-corrected chi connectivity index (χ1v) is 9.58. The van der Waals surface area contributed by atoms with Gasteiger partial charge in [0.25, 0.3) is 5.91 Å². The second-order valence-corrected chi connectivity index (χ2v) is 7.79. The number of amides is 1. The van der Waals surface area contributed by atoms with Gasteiger partial charge >= 0.3 is 24.8 Å². The third kappa shape index (κ3) is 5.30. The normalized spacial score (nSPS) is 10.2. The Labute approximate surface area is 194 Å². The summed E-state index contributed by atoms with van der Waals surface area (Å²) in [4.78, 5) is 37.0. The fourth-order valence-corrected chi connectivity index (χ4v) is 3.92. The third-order valence-corrected chi connectivity index (χ3v) is 5.69. The van der Waals surface area contributed by atoms with Gasteiger partial charge in [-0.05, 0) is 55.0 Å². The SMILES string of the molecule is CC(=O)c1ccc(-c2ccc(NC(=O)c3ccc(Cl)cc3Cl)c(C(=O)O)c2)s1.[H-].[Li+]. The Morgan fingerprint density at radius 2 is 1.72 bits per heavy atom. The van der Waals surface area contributed by atoms with Crippen LogP contribution in [0.3, 0.4) is 0 Å². The molecule has 0 atom stereocenters. The van der Waals surface area contributed by atoms with E-state index in [1.165, 1.54) is 48.6 Å². The number of thiophene rings is 1. The summed E-state index contributed by atoms with van der Waals surface area (Å²) in [5.41, 5.74) is 0.873. The van der Waals surface area contributed by atoms with E-state index in [2.05, 4.69) is 5.32 Å². The van der Waals surface area contributed by atoms with E-state index < -0.39 is 11.9 Å². The molecule has 0 spiro atoms. The number of halogens is 2. The molecule has 0 fully saturated rings. The number of aromatic carboxylic acids is 1. The van der Waals surface area contributed by atoms with Crippen LogP contribution in [0.1, 0.15) is 38.7 Å². The Morgan fingerprint density at radius 3 is 2.31 bits per heavy atom. The summed E-state index contributed by atoms with van der Waals surface area (Å²) in [6.07, 6.45) is 0. The Bertz CT molecular complexity index is 1120. The van der Waals surface area contributed by atoms with Crippen LogP contribution in [0, 0.1) is 0 Å². The van der Waals surface area contributed by atoms with E-state index in [-0.39, 0.29) is 47.9 Å². The van der Waals surface area contributed by atoms with E-state index in [0.717, 1.165) is 4.88 Å². The largest absolute Gasteiger partial charge is 1.00 e. The average Bonchev–Trinajstić information content (AvgIpc) is 3.12. The fraction of sp³-hybridized carbons (Fsp3) is 0.0500. The van der Waals surface area contributed by atoms with Crippen molar-refractivity contribution in [1.82, 2.24) is 0 Å². The first-order chi connectivity index (χ1) is 13.3. The average molecular weight is 442 g/mol. The van der Waals surface area contributed by atoms with Crippen LogP contribution >= 0.6 is 34.5 Å². The van der Waals surface area contributed by atoms with Crippen LogP contribution in [0.5, 0.6) is 0 Å². The molecule has 0 saturated heterocycles. The number of ketones is 1. The summed E-state index contributed by atoms with van der Waals surface area (Å²) in [6.45, 7) is 1.47. The Balaban J connectivity index is 0.00000225. The number of carboxylic acids is 1. The number of carbonyl (C=O) groups excluding carboxylic acids is 2. The van der Waals surface area contributed by atoms with E-state index in [1.54, 1.807) is 18.2 Å². The molecule has 29 heavy (non-hydrogen) atoms. The quantitative estimate of drug-likeness (QED) is 0.470. The summed E-state index contributed by atoms with van der Waals surface area (Å²) >= 11 is 13.1. The van der Waals surface area contributed by atoms with Gasteiger partial charge in [0.2, 0.25) is 0 Å². The van der Waals surface area contributed by atoms with Crippen LogP contribution in [0.4, 0.5) is 5.69 Å². The third-order valence-electron chi connectivity index (χ3n) is 3.91. The molecule has 2 aromatic carbocycles. The molecule has 0 bridgehead atoms. The van der Waals surface area contributed by atoms with Gasteiger partial charge in [0.05, 0.1) is 26.7 Å². The number of benzene rings is 2. The number of carbonyl (C=O) groups is 3. The van der Waals surface area contributed by atoms with Crippen molar-refractivity contribution in [1.29, 1.82) is 0 Å². The summed E-state index contributed by atoms with van der Waals surface area (Å²) < 4.78 is 0. The van der Waals surface area contributed by atoms with Gasteiger partial charge in [0, 0.05) is 9.90 Å². The molecular weight excluding hydrogens is 428 g/mol. The van der Waals surface area contributed by atoms with E-state index in [0.29, 0.717) is 15.5 Å². The van der Waals surface area contributed by atoms with Crippen LogP contribution in [-0.2, 0) is 0 Å². The smallest absolute Gasteiger partial charge is 1.00 e. The minimum Gasteiger partial charge on any atom is -1.00 e. The van der Waals surface area contributed by atoms with Crippen molar-refractivity contribution in [3.63, 3.8) is 0 Å². The van der Waals surface area contributed by atoms with Crippen LogP contribution in [-0.4, -0.2) is 22.8 Å². The van der Waals surface area contributed by atoms with Gasteiger partial charge in [0.15, 0.2) is 5.78 Å². The Morgan fingerprint density at radius 1 is 1.00 bits per heavy atom. The van der Waals surface area contributed by atoms with Gasteiger partial charge in [-0.1, -0.05) is 29.3 Å². The fourth-order valence-electron chi connectivity index (χ4n) is 2.53. The van der Waals surface area contributed by atoms with Crippen molar-refractivity contribution in [2.75, 3.05) is 5.32 Å². The second kappa shape index (κ2) is 9.62. The zero-order valence-electron chi connectivity index (χ0n) is 16.5. The number of carboxylic acid groups (broad SMARTS) is 1. The van der Waals surface area contributed by atoms with E-state index in [9.17, 15) is 19.5 Å². The van der Waals surface area contributed by atoms with Crippen molar-refractivity contribution in [3.8, 4) is 10.4 Å². The van der Waals surface area contributed by atoms with Gasteiger partial charge in [-0.2, -0.15) is 0 Å². The first-order valence-electron chi connectivity index (χ1n) is 8.01. The summed E-state index contributed by atoms with van der Waals surface area (Å²) in [5, 5.41) is 12.7. The molecule has 0 aliphatic heterocycles. The molecule has 2 N–H and O–H groups in total. The van der Waals surface area contributed by atoms with Gasteiger partial charge in [-0.15, -0.1) is 11.3 Å². The Kier molecular flexibility index (Phi) is 7.70. The van der Waals surface area contributed by atoms with E-state index in [1.807, 2.05) is 0 Å². The minimum atomic E-state index is -1.19. The summed E-state index contributed by atoms with van der Waals surface area (Å²) in [7, 11) is 0. The molecule has 0 saturated carbocycles. The van der Waals surface area contributed by atoms with E-state index in [4.69, 9.17) is 23.2 Å². The van der Waals surface area contributed by atoms with Crippen LogP contribution in [0.25, 0.3) is 10.4 Å². The predicted octanol–water partition coefficient (Wildman–Crippen LogP) is 2.99. The van der Waals surface area contributed by atoms with Crippen molar-refractivity contribution < 1.29 is 39.8 Å². The molecule has 0 unspecified atom stereocenters. The molecule has 9 heteroatoms. The molecule has 3 aromatic rings. The number of Topliss-reactive ketones (excluding diaryl/α,β-unsaturated/α-hetero) is 1. The first kappa shape index (κ1) is 23.2. The zero-order chi connectivity index (χ0) is 20.4. The summed E-state index contributed by atoms with van der Waals surface area (Å²) in [5.74, 6) is -1.80. The van der Waals surface area contributed by atoms with Crippen molar-refractivity contribution >= 4 is 57.9 Å². The molecule has 1 heterocycles. The van der Waals surface area contributed by atoms with Crippen LogP contribution in [0.15, 0.2) is 48.5 Å². The maximum absolute atomic E-state index is 12.5. The van der Waals surface area contributed by atoms with E-state index >= 15 is 0 Å². The van der Waals surface area contributed by atoms with Gasteiger partial charge < -0.3 is 11.8 Å². The molecule has 5 nitrogen and oxygen atoms in total. The molecule has 144 valence electrons. The molecule has 0 aliphatic rings. The maximum Gasteiger partial charge on any atom is 1.00 e. The van der Waals surface area contributed by atoms with Crippen molar-refractivity contribution in [2.24, 2.45) is 0 Å². The zero-order valence-corrected chi connectivity index (χ0v) is 17.8. The van der Waals surface area contributed by atoms with Crippen LogP contribution in [0.2, 0.25) is 10.0 Å². The number of hydrogen-bond acceptors (Lipinski definition) is 4. The molecule has 1 aromatic heterocycles. The molecular formula is C20H14Cl2LiNO4S. The second-order valence-electron chi connectivity index (χ2n) is 5.86. The summed E-state index contributed by atoms with van der Waals surface area (Å²) in [6, 6.07) is 12.5. The Hall–Kier alpha value is -2.07. The van der Waals surface area contributed by atoms with Crippen LogP contribution < -0.4 is 24.2 Å². The number of anilines is 1. The van der Waals surface area contributed by atoms with Crippen molar-refractivity contribution in [3.05, 3.63) is 74.6 Å². The van der Waals surface area contributed by atoms with Gasteiger partial charge in [-0.25, -0.2) is 4.79 Å². The molecule has 1 amide bonds. The number of hydrogen-bond donors (Lipinski definition) is 2. The van der Waals surface area contributed by atoms with Gasteiger partial charge in [0.1, 0.15) is 0 Å². The standard InChI is InChI=1S/C20H13Cl2NO4S.Li.H/c1-10(24)17-6-7-18(28-17)11-2-5-16(14(8-11)20(26)27)23-19(25)13-4-3-12(21)9-15(13)22;;/h2-9H,1H3,(H,23,25)(H,26,27);;/q;+1;-1. The number of rotatable bonds is 5. The van der Waals surface area contributed by atoms with Gasteiger partial charge in [-0.3, -0.25) is 9.59 Å². The monoisotopic (exact) mass is 441 g/mol. The molecule has 3 rings (SSSR count). The number of nitrogens with one attached hydrogen (secondary N) is 1. The van der Waals surface area contributed by atoms with Crippen molar-refractivity contribution in [2.45, 2.75) is 6.92 Å². The molecule has 0 aliphatic carbocycles. The minimum absolute atomic E-state index is 0.